The van der Waals surface area contributed by atoms with Gasteiger partial charge >= 0.3 is 18.0 Å². The Morgan fingerprint density at radius 2 is 1.25 bits per heavy atom. The van der Waals surface area contributed by atoms with Crippen LogP contribution in [0.4, 0.5) is 30.7 Å². The van der Waals surface area contributed by atoms with E-state index < -0.39 is 23.6 Å². The van der Waals surface area contributed by atoms with Gasteiger partial charge in [0.1, 0.15) is 0 Å². The van der Waals surface area contributed by atoms with E-state index in [1.54, 1.807) is 13.8 Å². The Morgan fingerprint density at radius 3 is 1.60 bits per heavy atom. The van der Waals surface area contributed by atoms with E-state index in [0.717, 1.165) is 0 Å². The van der Waals surface area contributed by atoms with Crippen molar-refractivity contribution < 1.29 is 30.7 Å². The van der Waals surface area contributed by atoms with Crippen molar-refractivity contribution in [1.29, 1.82) is 0 Å². The van der Waals surface area contributed by atoms with Gasteiger partial charge in [-0.3, -0.25) is 0 Å². The van der Waals surface area contributed by atoms with Crippen LogP contribution in [0.3, 0.4) is 0 Å². The molecule has 0 aliphatic heterocycles. The maximum atomic E-state index is 13.9. The first-order valence-electron chi connectivity index (χ1n) is 5.75. The van der Waals surface area contributed by atoms with E-state index in [0.29, 0.717) is 12.1 Å². The average Bonchev–Trinajstić information content (AvgIpc) is 2.23. The van der Waals surface area contributed by atoms with Crippen LogP contribution in [0.25, 0.3) is 0 Å². The molecule has 0 N–H and O–H groups in total. The van der Waals surface area contributed by atoms with Crippen LogP contribution in [0.5, 0.6) is 0 Å². The van der Waals surface area contributed by atoms with Crippen LogP contribution >= 0.6 is 0 Å². The minimum Gasteiger partial charge on any atom is -0.218 e. The van der Waals surface area contributed by atoms with Gasteiger partial charge in [-0.1, -0.05) is 37.6 Å². The maximum Gasteiger partial charge on any atom is 0.435 e. The van der Waals surface area contributed by atoms with E-state index in [4.69, 9.17) is 0 Å². The average molecular weight is 302 g/mol. The Balaban J connectivity index is 3.60. The molecule has 0 saturated heterocycles. The zero-order valence-corrected chi connectivity index (χ0v) is 11.0. The highest BCUT2D eigenvalue weighted by Gasteiger charge is 2.73. The number of alkyl halides is 7. The molecule has 0 heterocycles. The van der Waals surface area contributed by atoms with Gasteiger partial charge in [0.15, 0.2) is 0 Å². The standard InChI is InChI=1S/C13H13F7/c1-7(2)9-4-8(3)5-10(6-9)11(14,12(15,16)17)13(18,19)20/h4-7H,1-3H3. The van der Waals surface area contributed by atoms with Gasteiger partial charge in [0.2, 0.25) is 0 Å². The Hall–Kier alpha value is -1.27. The molecular weight excluding hydrogens is 289 g/mol. The van der Waals surface area contributed by atoms with E-state index in [1.165, 1.54) is 13.0 Å². The van der Waals surface area contributed by atoms with Crippen LogP contribution < -0.4 is 0 Å². The molecule has 1 rings (SSSR count). The van der Waals surface area contributed by atoms with Crippen molar-refractivity contribution in [3.8, 4) is 0 Å². The number of rotatable bonds is 2. The van der Waals surface area contributed by atoms with E-state index in [9.17, 15) is 30.7 Å². The summed E-state index contributed by atoms with van der Waals surface area (Å²) in [5.74, 6) is -0.320. The largest absolute Gasteiger partial charge is 0.435 e. The molecule has 0 bridgehead atoms. The summed E-state index contributed by atoms with van der Waals surface area (Å²) < 4.78 is 89.8. The van der Waals surface area contributed by atoms with Crippen LogP contribution in [0.2, 0.25) is 0 Å². The molecule has 0 aliphatic rings. The third-order valence-corrected chi connectivity index (χ3v) is 2.95. The molecule has 0 unspecified atom stereocenters. The van der Waals surface area contributed by atoms with E-state index in [1.807, 2.05) is 0 Å². The fourth-order valence-corrected chi connectivity index (χ4v) is 1.83. The fraction of sp³-hybridized carbons (Fsp3) is 0.538. The third-order valence-electron chi connectivity index (χ3n) is 2.95. The molecule has 0 radical (unpaired) electrons. The van der Waals surface area contributed by atoms with Gasteiger partial charge in [-0.15, -0.1) is 0 Å². The molecule has 1 aromatic carbocycles. The van der Waals surface area contributed by atoms with Gasteiger partial charge in [0.05, 0.1) is 0 Å². The number of hydrogen-bond acceptors (Lipinski definition) is 0. The van der Waals surface area contributed by atoms with Crippen molar-refractivity contribution in [2.24, 2.45) is 0 Å². The predicted octanol–water partition coefficient (Wildman–Crippen LogP) is 5.41. The normalized spacial score (nSPS) is 13.9. The Bertz CT molecular complexity index is 468. The lowest BCUT2D eigenvalue weighted by Crippen LogP contribution is -2.50. The zero-order chi connectivity index (χ0) is 15.9. The van der Waals surface area contributed by atoms with Gasteiger partial charge in [0, 0.05) is 5.56 Å². The molecule has 0 amide bonds. The van der Waals surface area contributed by atoms with Gasteiger partial charge in [-0.05, 0) is 18.4 Å². The minimum atomic E-state index is -6.08. The van der Waals surface area contributed by atoms with Gasteiger partial charge < -0.3 is 0 Å². The molecule has 7 heteroatoms. The molecule has 0 aromatic heterocycles. The molecule has 0 fully saturated rings. The molecule has 0 aliphatic carbocycles. The number of benzene rings is 1. The Labute approximate surface area is 111 Å². The van der Waals surface area contributed by atoms with E-state index >= 15 is 0 Å². The summed E-state index contributed by atoms with van der Waals surface area (Å²) >= 11 is 0. The summed E-state index contributed by atoms with van der Waals surface area (Å²) in [4.78, 5) is 0. The second-order valence-electron chi connectivity index (χ2n) is 4.94. The predicted molar refractivity (Wildman–Crippen MR) is 60.2 cm³/mol. The monoisotopic (exact) mass is 302 g/mol. The molecule has 20 heavy (non-hydrogen) atoms. The molecule has 0 spiro atoms. The molecule has 0 saturated carbocycles. The zero-order valence-electron chi connectivity index (χ0n) is 11.0. The highest BCUT2D eigenvalue weighted by atomic mass is 19.4. The van der Waals surface area contributed by atoms with Gasteiger partial charge in [-0.2, -0.15) is 26.3 Å². The summed E-state index contributed by atoms with van der Waals surface area (Å²) in [7, 11) is 0. The van der Waals surface area contributed by atoms with Crippen LogP contribution in [-0.4, -0.2) is 12.4 Å². The summed E-state index contributed by atoms with van der Waals surface area (Å²) in [5, 5.41) is 0. The summed E-state index contributed by atoms with van der Waals surface area (Å²) in [6, 6.07) is 2.63. The second-order valence-corrected chi connectivity index (χ2v) is 4.94. The quantitative estimate of drug-likeness (QED) is 0.641. The number of aryl methyl sites for hydroxylation is 1. The highest BCUT2D eigenvalue weighted by molar-refractivity contribution is 5.36. The van der Waals surface area contributed by atoms with Crippen LogP contribution in [0.15, 0.2) is 18.2 Å². The van der Waals surface area contributed by atoms with Crippen molar-refractivity contribution >= 4 is 0 Å². The lowest BCUT2D eigenvalue weighted by molar-refractivity contribution is -0.348. The highest BCUT2D eigenvalue weighted by Crippen LogP contribution is 2.53. The smallest absolute Gasteiger partial charge is 0.218 e. The first-order valence-corrected chi connectivity index (χ1v) is 5.75. The van der Waals surface area contributed by atoms with Crippen molar-refractivity contribution in [2.75, 3.05) is 0 Å². The summed E-state index contributed by atoms with van der Waals surface area (Å²) in [6.45, 7) is 4.52. The topological polar surface area (TPSA) is 0 Å². The number of hydrogen-bond donors (Lipinski definition) is 0. The molecule has 1 aromatic rings. The Kier molecular flexibility index (Phi) is 4.14. The minimum absolute atomic E-state index is 0.140. The lowest BCUT2D eigenvalue weighted by Gasteiger charge is -2.31. The molecule has 114 valence electrons. The SMILES string of the molecule is Cc1cc(C(C)C)cc(C(F)(C(F)(F)F)C(F)(F)F)c1. The summed E-state index contributed by atoms with van der Waals surface area (Å²) in [5.41, 5.74) is -6.44. The maximum absolute atomic E-state index is 13.9. The molecular formula is C13H13F7. The van der Waals surface area contributed by atoms with Gasteiger partial charge in [-0.25, -0.2) is 4.39 Å². The van der Waals surface area contributed by atoms with Crippen LogP contribution in [0, 0.1) is 6.92 Å². The lowest BCUT2D eigenvalue weighted by atomic mass is 9.89. The van der Waals surface area contributed by atoms with E-state index in [-0.39, 0.29) is 17.0 Å². The van der Waals surface area contributed by atoms with Crippen LogP contribution in [-0.2, 0) is 5.67 Å². The van der Waals surface area contributed by atoms with Crippen molar-refractivity contribution in [3.05, 3.63) is 34.9 Å². The van der Waals surface area contributed by atoms with Gasteiger partial charge in [0.25, 0.3) is 0 Å². The fourth-order valence-electron chi connectivity index (χ4n) is 1.83. The Morgan fingerprint density at radius 1 is 0.800 bits per heavy atom. The second kappa shape index (κ2) is 4.93. The van der Waals surface area contributed by atoms with Crippen molar-refractivity contribution in [3.63, 3.8) is 0 Å². The molecule has 0 atom stereocenters. The van der Waals surface area contributed by atoms with Crippen molar-refractivity contribution in [2.45, 2.75) is 44.7 Å². The van der Waals surface area contributed by atoms with Crippen LogP contribution in [0.1, 0.15) is 36.5 Å². The summed E-state index contributed by atoms with van der Waals surface area (Å²) in [6.07, 6.45) is -12.2. The third kappa shape index (κ3) is 2.76. The molecule has 0 nitrogen and oxygen atoms in total. The van der Waals surface area contributed by atoms with Crippen molar-refractivity contribution in [1.82, 2.24) is 0 Å². The first-order chi connectivity index (χ1) is 8.80. The number of halogens is 7. The first kappa shape index (κ1) is 16.8. The van der Waals surface area contributed by atoms with E-state index in [2.05, 4.69) is 0 Å².